The van der Waals surface area contributed by atoms with E-state index in [2.05, 4.69) is 42.5 Å². The van der Waals surface area contributed by atoms with Crippen LogP contribution in [-0.4, -0.2) is 118 Å². The second kappa shape index (κ2) is 16.3. The lowest BCUT2D eigenvalue weighted by molar-refractivity contribution is -0.275. The molecular formula is C36H53N5O6S. The number of piperazine rings is 1. The van der Waals surface area contributed by atoms with Crippen LogP contribution in [0.15, 0.2) is 11.5 Å². The summed E-state index contributed by atoms with van der Waals surface area (Å²) in [6.45, 7) is 14.6. The number of nitrogens with zero attached hydrogens (tertiary/aromatic N) is 5. The summed E-state index contributed by atoms with van der Waals surface area (Å²) >= 11 is 1.42. The summed E-state index contributed by atoms with van der Waals surface area (Å²) in [6, 6.07) is -0.725. The lowest BCUT2D eigenvalue weighted by atomic mass is 9.85. The Morgan fingerprint density at radius 3 is 2.62 bits per heavy atom. The van der Waals surface area contributed by atoms with Gasteiger partial charge in [0, 0.05) is 56.3 Å². The number of fused-ring (bicyclic) bond motifs is 1. The zero-order chi connectivity index (χ0) is 34.4. The average Bonchev–Trinajstić information content (AvgIpc) is 3.71. The van der Waals surface area contributed by atoms with Crippen LogP contribution in [0, 0.1) is 29.1 Å². The molecule has 4 atom stereocenters. The molecule has 0 bridgehead atoms. The van der Waals surface area contributed by atoms with Gasteiger partial charge < -0.3 is 24.5 Å². The van der Waals surface area contributed by atoms with E-state index in [4.69, 9.17) is 9.57 Å². The minimum atomic E-state index is -0.860. The zero-order valence-electron chi connectivity index (χ0n) is 29.2. The van der Waals surface area contributed by atoms with Gasteiger partial charge in [-0.05, 0) is 74.8 Å². The van der Waals surface area contributed by atoms with E-state index in [1.165, 1.54) is 22.5 Å². The van der Waals surface area contributed by atoms with Crippen LogP contribution >= 0.6 is 11.3 Å². The highest BCUT2D eigenvalue weighted by molar-refractivity contribution is 7.10. The molecule has 4 saturated heterocycles. The quantitative estimate of drug-likeness (QED) is 0.225. The van der Waals surface area contributed by atoms with Crippen molar-refractivity contribution >= 4 is 35.1 Å². The smallest absolute Gasteiger partial charge is 0.272 e. The minimum absolute atomic E-state index is 0.0248. The zero-order valence-corrected chi connectivity index (χ0v) is 30.0. The Morgan fingerprint density at radius 1 is 1.15 bits per heavy atom. The van der Waals surface area contributed by atoms with Gasteiger partial charge in [-0.1, -0.05) is 40.5 Å². The molecule has 0 unspecified atom stereocenters. The third-order valence-corrected chi connectivity index (χ3v) is 10.2. The van der Waals surface area contributed by atoms with E-state index in [1.54, 1.807) is 11.0 Å². The number of hydroxylamine groups is 2. The standard InChI is InChI=1S/C36H53N5O6S/c1-25(2)20-30-35(45)40-29(21-36(3,4)5)34(44)39(28-12-16-38(22-28)15-6-7-17-42)23-32(40)41(47-30)33(43)11-10-31-37-27(24-48-31)9-8-26-13-18-46-19-14-26/h10-11,24-26,28-30,32,42H,6-7,12-23H2,1-5H3/b11-10+/t28-,29+,30-,32+/m1/s1. The molecule has 0 radical (unpaired) electrons. The largest absolute Gasteiger partial charge is 0.396 e. The maximum atomic E-state index is 14.3. The van der Waals surface area contributed by atoms with Gasteiger partial charge in [-0.15, -0.1) is 11.3 Å². The van der Waals surface area contributed by atoms with Crippen molar-refractivity contribution in [3.63, 3.8) is 0 Å². The first kappa shape index (κ1) is 36.5. The van der Waals surface area contributed by atoms with Gasteiger partial charge in [-0.25, -0.2) is 4.98 Å². The monoisotopic (exact) mass is 683 g/mol. The molecule has 48 heavy (non-hydrogen) atoms. The average molecular weight is 684 g/mol. The van der Waals surface area contributed by atoms with Crippen LogP contribution in [0.5, 0.6) is 0 Å². The van der Waals surface area contributed by atoms with Gasteiger partial charge in [-0.3, -0.25) is 19.2 Å². The van der Waals surface area contributed by atoms with Gasteiger partial charge in [-0.2, -0.15) is 5.06 Å². The normalized spacial score (nSPS) is 26.0. The number of aromatic nitrogens is 1. The highest BCUT2D eigenvalue weighted by Crippen LogP contribution is 2.36. The van der Waals surface area contributed by atoms with Crippen molar-refractivity contribution in [1.82, 2.24) is 24.7 Å². The predicted molar refractivity (Wildman–Crippen MR) is 184 cm³/mol. The number of thiazole rings is 1. The third kappa shape index (κ3) is 9.24. The molecule has 1 N–H and O–H groups in total. The molecule has 12 heteroatoms. The summed E-state index contributed by atoms with van der Waals surface area (Å²) in [5.41, 5.74) is 0.437. The first-order chi connectivity index (χ1) is 22.9. The van der Waals surface area contributed by atoms with Crippen LogP contribution in [0.25, 0.3) is 6.08 Å². The lowest BCUT2D eigenvalue weighted by Gasteiger charge is -2.54. The highest BCUT2D eigenvalue weighted by Gasteiger charge is 2.54. The SMILES string of the molecule is CC(C)C[C@H]1ON(C(=O)/C=C/c2nc(C#CC3CCOCC3)cs2)[C@H]2CN([C@@H]3CCN(CCCCO)C3)C(=O)[C@H](CC(C)(C)C)N2C1=O. The number of hydrogen-bond acceptors (Lipinski definition) is 9. The maximum absolute atomic E-state index is 14.3. The van der Waals surface area contributed by atoms with Crippen molar-refractivity contribution in [2.24, 2.45) is 17.3 Å². The lowest BCUT2D eigenvalue weighted by Crippen LogP contribution is -2.74. The fourth-order valence-corrected chi connectivity index (χ4v) is 7.66. The first-order valence-electron chi connectivity index (χ1n) is 17.6. The van der Waals surface area contributed by atoms with Gasteiger partial charge >= 0.3 is 0 Å². The molecule has 0 saturated carbocycles. The van der Waals surface area contributed by atoms with Crippen molar-refractivity contribution < 1.29 is 29.1 Å². The Morgan fingerprint density at radius 2 is 1.92 bits per heavy atom. The molecule has 0 aromatic carbocycles. The summed E-state index contributed by atoms with van der Waals surface area (Å²) in [5, 5.41) is 13.1. The predicted octanol–water partition coefficient (Wildman–Crippen LogP) is 3.77. The Balaban J connectivity index is 1.39. The molecule has 1 aromatic rings. The van der Waals surface area contributed by atoms with Gasteiger partial charge in [0.2, 0.25) is 5.91 Å². The van der Waals surface area contributed by atoms with E-state index >= 15 is 0 Å². The van der Waals surface area contributed by atoms with E-state index in [1.807, 2.05) is 24.1 Å². The van der Waals surface area contributed by atoms with E-state index in [0.29, 0.717) is 29.5 Å². The van der Waals surface area contributed by atoms with Crippen LogP contribution in [0.3, 0.4) is 0 Å². The number of rotatable bonds is 10. The van der Waals surface area contributed by atoms with Crippen molar-refractivity contribution in [2.45, 2.75) is 104 Å². The van der Waals surface area contributed by atoms with Crippen LogP contribution in [0.1, 0.15) is 90.3 Å². The maximum Gasteiger partial charge on any atom is 0.272 e. The second-order valence-electron chi connectivity index (χ2n) is 15.1. The number of likely N-dealkylation sites (tertiary alicyclic amines) is 1. The van der Waals surface area contributed by atoms with E-state index in [9.17, 15) is 19.5 Å². The Kier molecular flexibility index (Phi) is 12.3. The van der Waals surface area contributed by atoms with Gasteiger partial charge in [0.05, 0.1) is 6.54 Å². The summed E-state index contributed by atoms with van der Waals surface area (Å²) in [7, 11) is 0. The molecule has 4 fully saturated rings. The summed E-state index contributed by atoms with van der Waals surface area (Å²) < 4.78 is 5.42. The van der Waals surface area contributed by atoms with Crippen molar-refractivity contribution in [3.05, 3.63) is 22.2 Å². The molecule has 0 aliphatic carbocycles. The van der Waals surface area contributed by atoms with Crippen LogP contribution in [-0.2, 0) is 24.0 Å². The molecule has 11 nitrogen and oxygen atoms in total. The van der Waals surface area contributed by atoms with Gasteiger partial charge in [0.25, 0.3) is 11.8 Å². The number of carbonyl (C=O) groups is 3. The third-order valence-electron chi connectivity index (χ3n) is 9.42. The molecule has 4 aliphatic heterocycles. The van der Waals surface area contributed by atoms with Crippen molar-refractivity contribution in [3.8, 4) is 11.8 Å². The summed E-state index contributed by atoms with van der Waals surface area (Å²) in [5.74, 6) is 6.26. The first-order valence-corrected chi connectivity index (χ1v) is 18.5. The number of ether oxygens (including phenoxy) is 1. The van der Waals surface area contributed by atoms with E-state index in [-0.39, 0.29) is 42.3 Å². The molecule has 1 aromatic heterocycles. The van der Waals surface area contributed by atoms with E-state index < -0.39 is 24.2 Å². The van der Waals surface area contributed by atoms with Crippen molar-refractivity contribution in [2.75, 3.05) is 46.0 Å². The van der Waals surface area contributed by atoms with E-state index in [0.717, 1.165) is 65.0 Å². The summed E-state index contributed by atoms with van der Waals surface area (Å²) in [4.78, 5) is 59.2. The topological polar surface area (TPSA) is 116 Å². The number of carbonyl (C=O) groups excluding carboxylic acids is 3. The molecule has 264 valence electrons. The van der Waals surface area contributed by atoms with Crippen LogP contribution in [0.2, 0.25) is 0 Å². The number of aliphatic hydroxyl groups excluding tert-OH is 1. The number of unbranched alkanes of at least 4 members (excludes halogenated alkanes) is 1. The molecule has 3 amide bonds. The molecule has 5 rings (SSSR count). The Labute approximate surface area is 289 Å². The summed E-state index contributed by atoms with van der Waals surface area (Å²) in [6.07, 6.45) is 6.75. The van der Waals surface area contributed by atoms with Crippen LogP contribution < -0.4 is 0 Å². The molecular weight excluding hydrogens is 630 g/mol. The fourth-order valence-electron chi connectivity index (χ4n) is 7.02. The minimum Gasteiger partial charge on any atom is -0.396 e. The Hall–Kier alpha value is -2.82. The molecule has 4 aliphatic rings. The Bertz CT molecular complexity index is 1370. The second-order valence-corrected chi connectivity index (χ2v) is 16.0. The fraction of sp³-hybridized carbons (Fsp3) is 0.722. The number of aliphatic hydroxyl groups is 1. The van der Waals surface area contributed by atoms with Crippen molar-refractivity contribution in [1.29, 1.82) is 0 Å². The van der Waals surface area contributed by atoms with Crippen LogP contribution in [0.4, 0.5) is 0 Å². The number of amides is 3. The highest BCUT2D eigenvalue weighted by atomic mass is 32.1. The molecule has 0 spiro atoms. The number of hydrogen-bond donors (Lipinski definition) is 1. The van der Waals surface area contributed by atoms with Gasteiger partial charge in [0.15, 0.2) is 12.3 Å². The molecule has 5 heterocycles. The van der Waals surface area contributed by atoms with Gasteiger partial charge in [0.1, 0.15) is 16.7 Å².